The van der Waals surface area contributed by atoms with Gasteiger partial charge in [-0.3, -0.25) is 81.7 Å². The average Bonchev–Trinajstić information content (AvgIpc) is 0.852. The van der Waals surface area contributed by atoms with Crippen molar-refractivity contribution in [1.29, 1.82) is 0 Å². The normalized spacial score (nSPS) is 14.4. The summed E-state index contributed by atoms with van der Waals surface area (Å²) in [5, 5.41) is 79.2. The number of carbonyl (C=O) groups is 16. The number of hydrogen-bond acceptors (Lipinski definition) is 24. The fourth-order valence-electron chi connectivity index (χ4n) is 15.8. The van der Waals surface area contributed by atoms with Gasteiger partial charge in [-0.2, -0.15) is 0 Å². The van der Waals surface area contributed by atoms with Gasteiger partial charge in [-0.15, -0.1) is 0 Å². The highest BCUT2D eigenvalue weighted by molar-refractivity contribution is 6.00. The third kappa shape index (κ3) is 55.8. The number of aliphatic hydroxyl groups excluding tert-OH is 4. The van der Waals surface area contributed by atoms with Crippen LogP contribution in [0.5, 0.6) is 5.75 Å². The molecule has 0 aromatic heterocycles. The Kier molecular flexibility index (Phi) is 66.1. The van der Waals surface area contributed by atoms with Crippen LogP contribution in [0.3, 0.4) is 0 Å². The Balaban J connectivity index is 3.61. The summed E-state index contributed by atoms with van der Waals surface area (Å²) in [5.74, 6) is -22.9. The number of aromatic hydroxyl groups is 1. The number of nitrogens with one attached hydrogen (secondary N) is 7. The number of amides is 9. The molecule has 1 aromatic rings. The number of aliphatic imine (C=N–C) groups is 1. The lowest BCUT2D eigenvalue weighted by Crippen LogP contribution is -2.52. The number of nitrogens with zero attached hydrogens (tertiary/aromatic N) is 1. The van der Waals surface area contributed by atoms with E-state index in [0.29, 0.717) is 37.7 Å². The van der Waals surface area contributed by atoms with Crippen LogP contribution in [0.1, 0.15) is 329 Å². The lowest BCUT2D eigenvalue weighted by atomic mass is 9.87. The molecule has 25 N–H and O–H groups in total. The Labute approximate surface area is 775 Å². The molecule has 0 heterocycles. The molecule has 13 atom stereocenters. The van der Waals surface area contributed by atoms with E-state index in [1.165, 1.54) is 121 Å². The molecule has 9 amide bonds. The summed E-state index contributed by atoms with van der Waals surface area (Å²) in [6.45, 7) is 5.80. The third-order valence-corrected chi connectivity index (χ3v) is 23.7. The van der Waals surface area contributed by atoms with Crippen LogP contribution in [0.25, 0.3) is 0 Å². The summed E-state index contributed by atoms with van der Waals surface area (Å²) >= 11 is 0. The molecule has 131 heavy (non-hydrogen) atoms. The van der Waals surface area contributed by atoms with E-state index in [1.54, 1.807) is 13.8 Å². The molecule has 746 valence electrons. The van der Waals surface area contributed by atoms with Gasteiger partial charge in [0.15, 0.2) is 40.7 Å². The number of carboxylic acid groups (broad SMARTS) is 1. The van der Waals surface area contributed by atoms with Crippen LogP contribution in [0.15, 0.2) is 29.3 Å². The highest BCUT2D eigenvalue weighted by Crippen LogP contribution is 2.26. The second kappa shape index (κ2) is 72.3. The number of hydrogen-bond donors (Lipinski definition) is 19. The molecule has 0 saturated heterocycles. The molecule has 0 bridgehead atoms. The van der Waals surface area contributed by atoms with Crippen LogP contribution in [0.4, 0.5) is 0 Å². The number of aliphatic carboxylic acids is 1. The summed E-state index contributed by atoms with van der Waals surface area (Å²) in [6.07, 6.45) is 22.5. The van der Waals surface area contributed by atoms with E-state index in [9.17, 15) is 107 Å². The smallest absolute Gasteiger partial charge is 0.305 e. The number of ketones is 6. The van der Waals surface area contributed by atoms with Gasteiger partial charge in [0.25, 0.3) is 0 Å². The number of phenolic OH excluding ortho intramolecular Hbond substituents is 1. The first-order valence-corrected chi connectivity index (χ1v) is 48.3. The number of guanidine groups is 1. The van der Waals surface area contributed by atoms with E-state index in [2.05, 4.69) is 56.1 Å². The fraction of sp³-hybridized carbons (Fsp3) is 0.758. The molecular formula is C95H164N14O22. The first-order chi connectivity index (χ1) is 62.5. The van der Waals surface area contributed by atoms with E-state index in [1.807, 2.05) is 0 Å². The van der Waals surface area contributed by atoms with Crippen molar-refractivity contribution in [2.45, 2.75) is 372 Å². The molecule has 0 spiro atoms. The molecule has 0 aliphatic carbocycles. The Hall–Kier alpha value is -9.23. The molecule has 0 aliphatic rings. The zero-order valence-electron chi connectivity index (χ0n) is 79.0. The largest absolute Gasteiger partial charge is 0.508 e. The van der Waals surface area contributed by atoms with E-state index in [0.717, 1.165) is 58.3 Å². The number of benzene rings is 1. The minimum absolute atomic E-state index is 0.00668. The van der Waals surface area contributed by atoms with Crippen LogP contribution in [0.2, 0.25) is 0 Å². The topological polar surface area (TPSA) is 647 Å². The van der Waals surface area contributed by atoms with Gasteiger partial charge < -0.3 is 102 Å². The van der Waals surface area contributed by atoms with Crippen molar-refractivity contribution in [3.05, 3.63) is 29.8 Å². The van der Waals surface area contributed by atoms with Crippen molar-refractivity contribution in [2.24, 2.45) is 80.8 Å². The van der Waals surface area contributed by atoms with Crippen molar-refractivity contribution in [3.8, 4) is 5.75 Å². The van der Waals surface area contributed by atoms with Crippen molar-refractivity contribution in [1.82, 2.24) is 37.2 Å². The lowest BCUT2D eigenvalue weighted by molar-refractivity contribution is -0.141. The Morgan fingerprint density at radius 1 is 0.382 bits per heavy atom. The first-order valence-electron chi connectivity index (χ1n) is 48.3. The van der Waals surface area contributed by atoms with E-state index >= 15 is 0 Å². The minimum atomic E-state index is -1.81. The maximum atomic E-state index is 14.9. The third-order valence-electron chi connectivity index (χ3n) is 23.7. The number of rotatable bonds is 84. The van der Waals surface area contributed by atoms with Gasteiger partial charge in [0.1, 0.15) is 17.8 Å². The molecule has 36 heteroatoms. The number of carbonyl (C=O) groups excluding carboxylic acids is 15. The standard InChI is InChI=1S/C95H164N14O22/c1-6-8-10-12-14-16-18-19-20-22-23-25-27-29-37-74(104-86(122)40-30-28-26-24-21-17-15-13-11-9-7-2)82(118)55-69(60-110)89(126)103-59-72(115)52-68(51-65-41-43-71(114)44-42-65)92(129)107-77(45-46-85(98)121)80(116)53-66(36-31-33-47-96)90(127)105-75(38-32-34-48-97)81(117)54-67(50-63(3)4)91(128)106-76(39-35-49-102-95(100)101)83(119)56-70(61-111)93(130)109-79(62-112)84(120)57-73(64(5)113)94(131)108-78(88(99)125)58-87(123)124/h41-44,63-64,66-70,73-79,110-114H,6-40,45-62,96-97H2,1-5H3,(H2,98,121)(H2,99,125)(H,103,126)(H,104,122)(H,105,127)(H,106,128)(H,107,129)(H,108,131)(H,109,130)(H,123,124)(H4,100,101,102)/t64-,66-,67-,68-,69+,70+,73+,74?,75+,76+,77+,78+,79+/m1/s1. The van der Waals surface area contributed by atoms with Crippen molar-refractivity contribution in [2.75, 3.05) is 46.0 Å². The number of primary amides is 2. The second-order valence-electron chi connectivity index (χ2n) is 35.8. The van der Waals surface area contributed by atoms with Crippen LogP contribution >= 0.6 is 0 Å². The molecule has 0 saturated carbocycles. The molecule has 0 aliphatic heterocycles. The van der Waals surface area contributed by atoms with Gasteiger partial charge >= 0.3 is 5.97 Å². The van der Waals surface area contributed by atoms with Gasteiger partial charge in [0.2, 0.25) is 53.2 Å². The quantitative estimate of drug-likeness (QED) is 0.0204. The molecule has 36 nitrogen and oxygen atoms in total. The average molecular weight is 1850 g/mol. The minimum Gasteiger partial charge on any atom is -0.508 e. The summed E-state index contributed by atoms with van der Waals surface area (Å²) in [7, 11) is 0. The summed E-state index contributed by atoms with van der Waals surface area (Å²) in [5.41, 5.74) is 34.3. The number of unbranched alkanes of at least 4 members (excludes halogenated alkanes) is 25. The number of aliphatic hydroxyl groups is 4. The van der Waals surface area contributed by atoms with Gasteiger partial charge in [-0.05, 0) is 121 Å². The highest BCUT2D eigenvalue weighted by Gasteiger charge is 2.39. The van der Waals surface area contributed by atoms with Gasteiger partial charge in [-0.1, -0.05) is 200 Å². The first kappa shape index (κ1) is 120. The number of Topliss-reactive ketones (excluding diaryl/α,β-unsaturated/α-hetero) is 6. The van der Waals surface area contributed by atoms with Gasteiger partial charge in [0, 0.05) is 75.7 Å². The highest BCUT2D eigenvalue weighted by atomic mass is 16.4. The van der Waals surface area contributed by atoms with Gasteiger partial charge in [-0.25, -0.2) is 0 Å². The maximum Gasteiger partial charge on any atom is 0.305 e. The van der Waals surface area contributed by atoms with Crippen LogP contribution in [0, 0.1) is 41.4 Å². The fourth-order valence-corrected chi connectivity index (χ4v) is 15.8. The zero-order valence-corrected chi connectivity index (χ0v) is 79.0. The van der Waals surface area contributed by atoms with E-state index in [-0.39, 0.29) is 107 Å². The molecule has 1 aromatic carbocycles. The Bertz CT molecular complexity index is 3600. The van der Waals surface area contributed by atoms with Crippen molar-refractivity contribution in [3.63, 3.8) is 0 Å². The zero-order chi connectivity index (χ0) is 98.0. The SMILES string of the molecule is CCCCCCCCCCCCCCCCC(NC(=O)CCCCCCCCCCCCC)C(=O)C[C@@H](CO)C(=O)NCC(=O)C[C@@H](Cc1ccc(O)cc1)C(=O)N[C@@H](CCC(N)=O)C(=O)C[C@@H](CCCCN)C(=O)N[C@@H](CCCCN)C(=O)C[C@@H](CC(C)C)C(=O)N[C@@H](CCCN=C(N)N)C(=O)C[C@@H](CO)C(=O)N[C@@H](CO)C(=O)C[C@H](C(=O)N[C@@H](CC(=O)O)C(N)=O)[C@@H](C)O. The summed E-state index contributed by atoms with van der Waals surface area (Å²) < 4.78 is 0. The van der Waals surface area contributed by atoms with Crippen molar-refractivity contribution >= 4 is 99.8 Å². The van der Waals surface area contributed by atoms with Crippen LogP contribution in [-0.2, 0) is 83.1 Å². The molecule has 0 radical (unpaired) electrons. The molecule has 0 fully saturated rings. The predicted molar refractivity (Wildman–Crippen MR) is 499 cm³/mol. The lowest BCUT2D eigenvalue weighted by Gasteiger charge is -2.27. The number of nitrogens with two attached hydrogens (primary N) is 6. The maximum absolute atomic E-state index is 14.9. The monoisotopic (exact) mass is 1850 g/mol. The van der Waals surface area contributed by atoms with E-state index in [4.69, 9.17) is 34.4 Å². The molecule has 1 rings (SSSR count). The van der Waals surface area contributed by atoms with Crippen molar-refractivity contribution < 1.29 is 107 Å². The van der Waals surface area contributed by atoms with Gasteiger partial charge in [0.05, 0.1) is 80.8 Å². The number of carboxylic acids is 1. The summed E-state index contributed by atoms with van der Waals surface area (Å²) in [4.78, 5) is 224. The molecular weight excluding hydrogens is 1690 g/mol. The summed E-state index contributed by atoms with van der Waals surface area (Å²) in [6, 6.07) is -3.01. The van der Waals surface area contributed by atoms with Crippen LogP contribution in [-0.4, -0.2) is 219 Å². The van der Waals surface area contributed by atoms with Crippen LogP contribution < -0.4 is 71.6 Å². The van der Waals surface area contributed by atoms with E-state index < -0.39 is 244 Å². The number of phenols is 1. The predicted octanol–water partition coefficient (Wildman–Crippen LogP) is 5.93. The molecule has 1 unspecified atom stereocenters. The second-order valence-corrected chi connectivity index (χ2v) is 35.8. The Morgan fingerprint density at radius 3 is 1.21 bits per heavy atom. The Morgan fingerprint density at radius 2 is 0.771 bits per heavy atom.